The lowest BCUT2D eigenvalue weighted by Gasteiger charge is -2.43. The van der Waals surface area contributed by atoms with Gasteiger partial charge in [0.2, 0.25) is 9.84 Å². The topological polar surface area (TPSA) is 71.5 Å². The molecule has 2 aliphatic rings. The van der Waals surface area contributed by atoms with E-state index in [0.29, 0.717) is 0 Å². The minimum atomic E-state index is -4.02. The fourth-order valence-corrected chi connectivity index (χ4v) is 9.72. The molecule has 0 aliphatic carbocycles. The molecule has 0 bridgehead atoms. The Bertz CT molecular complexity index is 2410. The predicted octanol–water partition coefficient (Wildman–Crippen LogP) is 9.29. The van der Waals surface area contributed by atoms with Gasteiger partial charge in [-0.1, -0.05) is 115 Å². The third-order valence-electron chi connectivity index (χ3n) is 10.2. The van der Waals surface area contributed by atoms with Gasteiger partial charge in [-0.15, -0.1) is 0 Å². The summed E-state index contributed by atoms with van der Waals surface area (Å²) < 4.78 is 27.5. The van der Waals surface area contributed by atoms with E-state index in [-0.39, 0.29) is 38.2 Å². The number of sulfone groups is 1. The van der Waals surface area contributed by atoms with Crippen molar-refractivity contribution in [2.45, 2.75) is 41.5 Å². The van der Waals surface area contributed by atoms with Gasteiger partial charge in [0.05, 0.1) is 26.4 Å². The Morgan fingerprint density at radius 1 is 0.588 bits per heavy atom. The molecule has 51 heavy (non-hydrogen) atoms. The Morgan fingerprint density at radius 2 is 1.12 bits per heavy atom. The Hall–Kier alpha value is -5.85. The first kappa shape index (κ1) is 32.4. The number of benzene rings is 6. The Kier molecular flexibility index (Phi) is 7.54. The molecule has 5 nitrogen and oxygen atoms in total. The summed E-state index contributed by atoms with van der Waals surface area (Å²) >= 11 is 0. The van der Waals surface area contributed by atoms with Gasteiger partial charge in [-0.2, -0.15) is 0 Å². The van der Waals surface area contributed by atoms with Crippen LogP contribution in [0.15, 0.2) is 168 Å². The average Bonchev–Trinajstić information content (AvgIpc) is 3.15. The number of carbonyl (C=O) groups is 2. The van der Waals surface area contributed by atoms with Crippen molar-refractivity contribution in [2.24, 2.45) is 0 Å². The van der Waals surface area contributed by atoms with Crippen molar-refractivity contribution >= 4 is 32.8 Å². The summed E-state index contributed by atoms with van der Waals surface area (Å²) in [6.45, 7) is 6.01. The highest BCUT2D eigenvalue weighted by Crippen LogP contribution is 2.48. The quantitative estimate of drug-likeness (QED) is 0.169. The van der Waals surface area contributed by atoms with Crippen LogP contribution in [0.1, 0.15) is 74.9 Å². The smallest absolute Gasteiger partial charge is 0.259 e. The Morgan fingerprint density at radius 3 is 1.71 bits per heavy atom. The summed E-state index contributed by atoms with van der Waals surface area (Å²) in [6, 6.07) is 48.3. The zero-order valence-corrected chi connectivity index (χ0v) is 29.3. The highest BCUT2D eigenvalue weighted by molar-refractivity contribution is 7.91. The van der Waals surface area contributed by atoms with E-state index in [4.69, 9.17) is 0 Å². The van der Waals surface area contributed by atoms with Crippen LogP contribution in [-0.4, -0.2) is 25.6 Å². The highest BCUT2D eigenvalue weighted by Gasteiger charge is 2.42. The van der Waals surface area contributed by atoms with E-state index in [0.717, 1.165) is 39.1 Å². The van der Waals surface area contributed by atoms with E-state index >= 15 is 0 Å². The molecule has 6 heteroatoms. The fraction of sp³-hybridized carbons (Fsp3) is 0.111. The molecule has 0 unspecified atom stereocenters. The van der Waals surface area contributed by atoms with E-state index < -0.39 is 20.8 Å². The van der Waals surface area contributed by atoms with E-state index in [9.17, 15) is 18.0 Å². The van der Waals surface area contributed by atoms with Crippen molar-refractivity contribution in [2.75, 3.05) is 4.90 Å². The summed E-state index contributed by atoms with van der Waals surface area (Å²) in [6.07, 6.45) is 2.08. The number of hydrogen-bond acceptors (Lipinski definition) is 4. The van der Waals surface area contributed by atoms with Crippen LogP contribution in [-0.2, 0) is 15.3 Å². The number of rotatable bonds is 5. The summed E-state index contributed by atoms with van der Waals surface area (Å²) in [7, 11) is -4.02. The van der Waals surface area contributed by atoms with Crippen LogP contribution >= 0.6 is 0 Å². The molecule has 2 aliphatic heterocycles. The summed E-state index contributed by atoms with van der Waals surface area (Å²) in [5.41, 5.74) is 6.01. The summed E-state index contributed by atoms with van der Waals surface area (Å²) in [5, 5.41) is 0. The van der Waals surface area contributed by atoms with E-state index in [1.165, 1.54) is 24.3 Å². The van der Waals surface area contributed by atoms with Crippen molar-refractivity contribution in [1.29, 1.82) is 0 Å². The summed E-state index contributed by atoms with van der Waals surface area (Å²) in [4.78, 5) is 29.6. The normalized spacial score (nSPS) is 15.6. The number of carbonyl (C=O) groups excluding carboxylic acids is 2. The molecule has 0 saturated heterocycles. The van der Waals surface area contributed by atoms with Gasteiger partial charge in [0.15, 0.2) is 5.78 Å². The van der Waals surface area contributed by atoms with Crippen molar-refractivity contribution in [1.82, 2.24) is 0 Å². The SMILES string of the molecule is CC1=CC(C)(C)N(C(=O)c2ccc3c(c2)S(=O)(=O)c2ccccc2C3=O)c2ccc(C(c3ccccc3)(c3ccccc3)c3ccccc3)cc21. The van der Waals surface area contributed by atoms with Crippen LogP contribution in [0, 0.1) is 0 Å². The third-order valence-corrected chi connectivity index (χ3v) is 12.1. The molecular weight excluding hydrogens is 651 g/mol. The Balaban J connectivity index is 1.30. The largest absolute Gasteiger partial charge is 0.299 e. The van der Waals surface area contributed by atoms with Crippen molar-refractivity contribution < 1.29 is 18.0 Å². The van der Waals surface area contributed by atoms with Crippen LogP contribution in [0.4, 0.5) is 5.69 Å². The second kappa shape index (κ2) is 11.9. The molecule has 0 N–H and O–H groups in total. The lowest BCUT2D eigenvalue weighted by atomic mass is 9.64. The molecule has 0 atom stereocenters. The second-order valence-corrected chi connectivity index (χ2v) is 15.6. The molecule has 6 aromatic rings. The number of hydrogen-bond donors (Lipinski definition) is 0. The van der Waals surface area contributed by atoms with Crippen LogP contribution < -0.4 is 4.90 Å². The number of nitrogens with zero attached hydrogens (tertiary/aromatic N) is 1. The molecule has 6 aromatic carbocycles. The predicted molar refractivity (Wildman–Crippen MR) is 201 cm³/mol. The average molecular weight is 686 g/mol. The number of amides is 1. The van der Waals surface area contributed by atoms with Gasteiger partial charge < -0.3 is 0 Å². The molecule has 8 rings (SSSR count). The first-order valence-corrected chi connectivity index (χ1v) is 18.4. The van der Waals surface area contributed by atoms with E-state index in [1.54, 1.807) is 23.1 Å². The zero-order valence-electron chi connectivity index (χ0n) is 28.5. The van der Waals surface area contributed by atoms with E-state index in [2.05, 4.69) is 97.9 Å². The molecule has 2 heterocycles. The monoisotopic (exact) mass is 685 g/mol. The van der Waals surface area contributed by atoms with Crippen molar-refractivity contribution in [3.05, 3.63) is 202 Å². The van der Waals surface area contributed by atoms with Gasteiger partial charge in [0.1, 0.15) is 0 Å². The highest BCUT2D eigenvalue weighted by atomic mass is 32.2. The van der Waals surface area contributed by atoms with Gasteiger partial charge >= 0.3 is 0 Å². The minimum Gasteiger partial charge on any atom is -0.299 e. The first-order chi connectivity index (χ1) is 24.5. The maximum absolute atomic E-state index is 14.7. The lowest BCUT2D eigenvalue weighted by Crippen LogP contribution is -2.49. The maximum Gasteiger partial charge on any atom is 0.259 e. The van der Waals surface area contributed by atoms with E-state index in [1.807, 2.05) is 38.1 Å². The fourth-order valence-electron chi connectivity index (χ4n) is 8.04. The molecule has 0 fully saturated rings. The second-order valence-electron chi connectivity index (χ2n) is 13.7. The van der Waals surface area contributed by atoms with Gasteiger partial charge in [-0.05, 0) is 91.1 Å². The van der Waals surface area contributed by atoms with Crippen LogP contribution in [0.25, 0.3) is 5.57 Å². The number of fused-ring (bicyclic) bond motifs is 3. The van der Waals surface area contributed by atoms with Crippen LogP contribution in [0.3, 0.4) is 0 Å². The summed E-state index contributed by atoms with van der Waals surface area (Å²) in [5.74, 6) is -0.731. The molecule has 0 aromatic heterocycles. The molecule has 0 spiro atoms. The van der Waals surface area contributed by atoms with Crippen molar-refractivity contribution in [3.63, 3.8) is 0 Å². The van der Waals surface area contributed by atoms with Gasteiger partial charge in [-0.3, -0.25) is 14.5 Å². The first-order valence-electron chi connectivity index (χ1n) is 16.9. The number of anilines is 1. The lowest BCUT2D eigenvalue weighted by molar-refractivity contribution is 0.0967. The van der Waals surface area contributed by atoms with Gasteiger partial charge in [-0.25, -0.2) is 8.42 Å². The minimum absolute atomic E-state index is 0.0411. The molecular formula is C45H35NO4S. The molecule has 0 radical (unpaired) electrons. The zero-order chi connectivity index (χ0) is 35.5. The molecule has 0 saturated carbocycles. The maximum atomic E-state index is 14.7. The molecule has 1 amide bonds. The van der Waals surface area contributed by atoms with Crippen molar-refractivity contribution in [3.8, 4) is 0 Å². The standard InChI is InChI=1S/C45H35NO4S/c1-30-29-44(2,3)46(43(48)31-23-25-37-41(27-31)51(49,50)40-22-14-13-21-36(40)42(37)47)39-26-24-35(28-38(30)39)45(32-15-7-4-8-16-32,33-17-9-5-10-18-33)34-19-11-6-12-20-34/h4-29H,1-3H3. The van der Waals surface area contributed by atoms with Gasteiger partial charge in [0, 0.05) is 22.3 Å². The van der Waals surface area contributed by atoms with Crippen LogP contribution in [0.5, 0.6) is 0 Å². The van der Waals surface area contributed by atoms with Gasteiger partial charge in [0.25, 0.3) is 5.91 Å². The third kappa shape index (κ3) is 4.93. The Labute approximate surface area is 298 Å². The number of allylic oxidation sites excluding steroid dienone is 1. The van der Waals surface area contributed by atoms with Crippen LogP contribution in [0.2, 0.25) is 0 Å². The number of ketones is 1. The molecule has 250 valence electrons.